The number of benzene rings is 3. The van der Waals surface area contributed by atoms with Gasteiger partial charge in [0.2, 0.25) is 12.7 Å². The van der Waals surface area contributed by atoms with Crippen molar-refractivity contribution in [3.8, 4) is 11.5 Å². The number of aromatic nitrogens is 2. The summed E-state index contributed by atoms with van der Waals surface area (Å²) in [6.07, 6.45) is 4.71. The largest absolute Gasteiger partial charge is 0.454 e. The maximum absolute atomic E-state index is 13.0. The minimum Gasteiger partial charge on any atom is -0.454 e. The number of nitrogens with zero attached hydrogens (tertiary/aromatic N) is 3. The van der Waals surface area contributed by atoms with Crippen molar-refractivity contribution in [1.82, 2.24) is 9.55 Å². The number of para-hydroxylation sites is 2. The Bertz CT molecular complexity index is 1360. The molecule has 2 aliphatic rings. The van der Waals surface area contributed by atoms with Crippen molar-refractivity contribution in [2.45, 2.75) is 18.9 Å². The van der Waals surface area contributed by atoms with Gasteiger partial charge in [-0.05, 0) is 29.8 Å². The zero-order valence-corrected chi connectivity index (χ0v) is 18.1. The van der Waals surface area contributed by atoms with Crippen molar-refractivity contribution >= 4 is 28.7 Å². The third-order valence-electron chi connectivity index (χ3n) is 6.24. The fourth-order valence-corrected chi connectivity index (χ4v) is 4.64. The van der Waals surface area contributed by atoms with Gasteiger partial charge in [0.25, 0.3) is 0 Å². The Labute approximate surface area is 191 Å². The van der Waals surface area contributed by atoms with Gasteiger partial charge < -0.3 is 18.9 Å². The minimum atomic E-state index is 0.0143. The van der Waals surface area contributed by atoms with Crippen molar-refractivity contribution in [2.75, 3.05) is 18.2 Å². The van der Waals surface area contributed by atoms with E-state index in [-0.39, 0.29) is 18.6 Å². The molecule has 1 amide bonds. The first-order chi connectivity index (χ1) is 16.3. The maximum Gasteiger partial charge on any atom is 0.231 e. The predicted molar refractivity (Wildman–Crippen MR) is 127 cm³/mol. The highest BCUT2D eigenvalue weighted by Gasteiger charge is 2.35. The molecule has 4 aromatic rings. The molecule has 6 rings (SSSR count). The van der Waals surface area contributed by atoms with Crippen LogP contribution in [-0.2, 0) is 11.3 Å². The predicted octanol–water partition coefficient (Wildman–Crippen LogP) is 5.00. The van der Waals surface area contributed by atoms with Crippen LogP contribution in [0.5, 0.6) is 11.5 Å². The molecule has 164 valence electrons. The molecule has 2 aliphatic heterocycles. The molecule has 0 radical (unpaired) electrons. The van der Waals surface area contributed by atoms with Gasteiger partial charge in [-0.25, -0.2) is 4.98 Å². The smallest absolute Gasteiger partial charge is 0.231 e. The highest BCUT2D eigenvalue weighted by atomic mass is 16.7. The molecule has 0 saturated carbocycles. The Morgan fingerprint density at radius 1 is 0.970 bits per heavy atom. The number of fused-ring (bicyclic) bond motifs is 2. The molecule has 3 aromatic carbocycles. The van der Waals surface area contributed by atoms with Crippen molar-refractivity contribution in [2.24, 2.45) is 0 Å². The molecule has 0 N–H and O–H groups in total. The van der Waals surface area contributed by atoms with Crippen molar-refractivity contribution in [3.63, 3.8) is 0 Å². The SMILES string of the molecule is O=C1CC(c2nc3ccccc3n2C/C=C/c2ccccc2)CN1c1ccc2c(c1)OCO2. The fraction of sp³-hybridized carbons (Fsp3) is 0.185. The molecule has 1 aromatic heterocycles. The second kappa shape index (κ2) is 8.13. The summed E-state index contributed by atoms with van der Waals surface area (Å²) in [4.78, 5) is 19.8. The van der Waals surface area contributed by atoms with E-state index in [1.54, 1.807) is 0 Å². The third-order valence-corrected chi connectivity index (χ3v) is 6.24. The average molecular weight is 437 g/mol. The van der Waals surface area contributed by atoms with E-state index in [2.05, 4.69) is 34.9 Å². The summed E-state index contributed by atoms with van der Waals surface area (Å²) in [6, 6.07) is 24.1. The molecule has 0 spiro atoms. The molecule has 0 aliphatic carbocycles. The average Bonchev–Trinajstić information content (AvgIpc) is 3.56. The Kier molecular flexibility index (Phi) is 4.83. The summed E-state index contributed by atoms with van der Waals surface area (Å²) in [5.41, 5.74) is 4.03. The lowest BCUT2D eigenvalue weighted by Crippen LogP contribution is -2.24. The van der Waals surface area contributed by atoms with Gasteiger partial charge in [-0.15, -0.1) is 0 Å². The van der Waals surface area contributed by atoms with Gasteiger partial charge in [-0.1, -0.05) is 54.6 Å². The lowest BCUT2D eigenvalue weighted by atomic mass is 10.1. The summed E-state index contributed by atoms with van der Waals surface area (Å²) in [7, 11) is 0. The second-order valence-corrected chi connectivity index (χ2v) is 8.33. The van der Waals surface area contributed by atoms with E-state index in [9.17, 15) is 4.79 Å². The molecule has 1 unspecified atom stereocenters. The van der Waals surface area contributed by atoms with E-state index in [0.29, 0.717) is 31.0 Å². The number of carbonyl (C=O) groups excluding carboxylic acids is 1. The fourth-order valence-electron chi connectivity index (χ4n) is 4.64. The normalized spacial score (nSPS) is 17.5. The Balaban J connectivity index is 1.30. The van der Waals surface area contributed by atoms with Crippen LogP contribution < -0.4 is 14.4 Å². The zero-order valence-electron chi connectivity index (χ0n) is 18.1. The molecular weight excluding hydrogens is 414 g/mol. The summed E-state index contributed by atoms with van der Waals surface area (Å²) < 4.78 is 13.1. The van der Waals surface area contributed by atoms with E-state index < -0.39 is 0 Å². The van der Waals surface area contributed by atoms with Crippen LogP contribution in [0.4, 0.5) is 5.69 Å². The summed E-state index contributed by atoms with van der Waals surface area (Å²) in [5.74, 6) is 2.46. The topological polar surface area (TPSA) is 56.6 Å². The lowest BCUT2D eigenvalue weighted by molar-refractivity contribution is -0.117. The molecule has 3 heterocycles. The standard InChI is InChI=1S/C27H23N3O3/c31-26-15-20(17-30(26)21-12-13-24-25(16-21)33-18-32-24)27-28-22-10-4-5-11-23(22)29(27)14-6-9-19-7-2-1-3-8-19/h1-13,16,20H,14-15,17-18H2/b9-6+. The lowest BCUT2D eigenvalue weighted by Gasteiger charge is -2.17. The number of amides is 1. The number of ether oxygens (including phenoxy) is 2. The van der Waals surface area contributed by atoms with E-state index in [4.69, 9.17) is 14.5 Å². The van der Waals surface area contributed by atoms with E-state index in [0.717, 1.165) is 28.1 Å². The number of carbonyl (C=O) groups is 1. The number of hydrogen-bond donors (Lipinski definition) is 0. The van der Waals surface area contributed by atoms with Gasteiger partial charge in [0.15, 0.2) is 11.5 Å². The van der Waals surface area contributed by atoms with E-state index >= 15 is 0 Å². The number of allylic oxidation sites excluding steroid dienone is 1. The van der Waals surface area contributed by atoms with Crippen molar-refractivity contribution in [3.05, 3.63) is 90.3 Å². The van der Waals surface area contributed by atoms with Crippen molar-refractivity contribution in [1.29, 1.82) is 0 Å². The first-order valence-electron chi connectivity index (χ1n) is 11.1. The number of anilines is 1. The molecule has 1 fully saturated rings. The third kappa shape index (κ3) is 3.63. The van der Waals surface area contributed by atoms with Crippen LogP contribution in [0.25, 0.3) is 17.1 Å². The van der Waals surface area contributed by atoms with Crippen molar-refractivity contribution < 1.29 is 14.3 Å². The second-order valence-electron chi connectivity index (χ2n) is 8.33. The van der Waals surface area contributed by atoms with Gasteiger partial charge in [0.1, 0.15) is 5.82 Å². The molecule has 6 nitrogen and oxygen atoms in total. The van der Waals surface area contributed by atoms with Crippen LogP contribution in [0.15, 0.2) is 78.9 Å². The molecule has 1 saturated heterocycles. The van der Waals surface area contributed by atoms with Gasteiger partial charge in [0, 0.05) is 37.2 Å². The van der Waals surface area contributed by atoms with Crippen LogP contribution in [0, 0.1) is 0 Å². The Morgan fingerprint density at radius 2 is 1.79 bits per heavy atom. The molecule has 0 bridgehead atoms. The number of imidazole rings is 1. The molecule has 33 heavy (non-hydrogen) atoms. The maximum atomic E-state index is 13.0. The molecule has 6 heteroatoms. The van der Waals surface area contributed by atoms with Crippen LogP contribution in [0.1, 0.15) is 23.7 Å². The Morgan fingerprint density at radius 3 is 2.70 bits per heavy atom. The van der Waals surface area contributed by atoms with E-state index in [1.807, 2.05) is 59.5 Å². The van der Waals surface area contributed by atoms with Crippen LogP contribution in [0.2, 0.25) is 0 Å². The van der Waals surface area contributed by atoms with Crippen LogP contribution in [-0.4, -0.2) is 28.8 Å². The summed E-state index contributed by atoms with van der Waals surface area (Å²) >= 11 is 0. The van der Waals surface area contributed by atoms with Gasteiger partial charge in [-0.2, -0.15) is 0 Å². The first-order valence-corrected chi connectivity index (χ1v) is 11.1. The zero-order chi connectivity index (χ0) is 22.2. The quantitative estimate of drug-likeness (QED) is 0.441. The van der Waals surface area contributed by atoms with Crippen LogP contribution in [0.3, 0.4) is 0 Å². The highest BCUT2D eigenvalue weighted by molar-refractivity contribution is 5.97. The molecular formula is C27H23N3O3. The van der Waals surface area contributed by atoms with Crippen LogP contribution >= 0.6 is 0 Å². The summed E-state index contributed by atoms with van der Waals surface area (Å²) in [6.45, 7) is 1.50. The minimum absolute atomic E-state index is 0.0143. The monoisotopic (exact) mass is 437 g/mol. The number of rotatable bonds is 5. The number of hydrogen-bond acceptors (Lipinski definition) is 4. The summed E-state index contributed by atoms with van der Waals surface area (Å²) in [5, 5.41) is 0. The van der Waals surface area contributed by atoms with Gasteiger partial charge in [0.05, 0.1) is 11.0 Å². The van der Waals surface area contributed by atoms with E-state index in [1.165, 1.54) is 0 Å². The Hall–Kier alpha value is -4.06. The highest BCUT2D eigenvalue weighted by Crippen LogP contribution is 2.39. The first kappa shape index (κ1) is 19.6. The van der Waals surface area contributed by atoms with Gasteiger partial charge in [-0.3, -0.25) is 4.79 Å². The van der Waals surface area contributed by atoms with Gasteiger partial charge >= 0.3 is 0 Å². The molecule has 1 atom stereocenters.